The lowest BCUT2D eigenvalue weighted by molar-refractivity contribution is -0.133. The van der Waals surface area contributed by atoms with Gasteiger partial charge in [-0.1, -0.05) is 23.4 Å². The number of hydrogen-bond acceptors (Lipinski definition) is 6. The van der Waals surface area contributed by atoms with Crippen molar-refractivity contribution in [2.75, 3.05) is 19.3 Å². The first-order chi connectivity index (χ1) is 13.1. The summed E-state index contributed by atoms with van der Waals surface area (Å²) in [5, 5.41) is 10.7. The van der Waals surface area contributed by atoms with Gasteiger partial charge in [0.2, 0.25) is 17.0 Å². The van der Waals surface area contributed by atoms with Gasteiger partial charge in [0.25, 0.3) is 0 Å². The van der Waals surface area contributed by atoms with Gasteiger partial charge >= 0.3 is 0 Å². The highest BCUT2D eigenvalue weighted by Crippen LogP contribution is 2.17. The lowest BCUT2D eigenvalue weighted by atomic mass is 10.1. The molecule has 0 saturated carbocycles. The van der Waals surface area contributed by atoms with Gasteiger partial charge in [-0.3, -0.25) is 14.7 Å². The molecular formula is C18H24ClN5O3S. The van der Waals surface area contributed by atoms with Gasteiger partial charge in [0.15, 0.2) is 5.82 Å². The number of benzene rings is 1. The van der Waals surface area contributed by atoms with Crippen molar-refractivity contribution in [2.24, 2.45) is 0 Å². The number of hydrogen-bond donors (Lipinski definition) is 2. The topological polar surface area (TPSA) is 100 Å². The average molecular weight is 426 g/mol. The minimum Gasteiger partial charge on any atom is -0.486 e. The quantitative estimate of drug-likeness (QED) is 0.630. The minimum atomic E-state index is -0.334. The van der Waals surface area contributed by atoms with E-state index in [1.54, 1.807) is 31.3 Å². The first-order valence-electron chi connectivity index (χ1n) is 8.60. The molecule has 0 radical (unpaired) electrons. The van der Waals surface area contributed by atoms with Gasteiger partial charge in [-0.25, -0.2) is 4.98 Å². The van der Waals surface area contributed by atoms with Crippen LogP contribution in [0.1, 0.15) is 26.6 Å². The van der Waals surface area contributed by atoms with Gasteiger partial charge in [0, 0.05) is 17.6 Å². The second-order valence-corrected chi connectivity index (χ2v) is 8.52. The fraction of sp³-hybridized carbons (Fsp3) is 0.444. The minimum absolute atomic E-state index is 0.00480. The van der Waals surface area contributed by atoms with Crippen LogP contribution in [0.2, 0.25) is 5.02 Å². The lowest BCUT2D eigenvalue weighted by Gasteiger charge is -2.23. The van der Waals surface area contributed by atoms with Crippen molar-refractivity contribution < 1.29 is 14.3 Å². The van der Waals surface area contributed by atoms with Crippen LogP contribution in [-0.4, -0.2) is 56.8 Å². The van der Waals surface area contributed by atoms with Crippen molar-refractivity contribution in [3.8, 4) is 5.75 Å². The van der Waals surface area contributed by atoms with E-state index in [4.69, 9.17) is 16.3 Å². The number of ether oxygens (including phenoxy) is 1. The van der Waals surface area contributed by atoms with E-state index in [1.165, 1.54) is 16.7 Å². The van der Waals surface area contributed by atoms with Crippen molar-refractivity contribution in [1.82, 2.24) is 25.4 Å². The summed E-state index contributed by atoms with van der Waals surface area (Å²) in [5.74, 6) is 0.961. The number of H-pyrrole nitrogens is 1. The van der Waals surface area contributed by atoms with Crippen molar-refractivity contribution >= 4 is 35.2 Å². The SMILES string of the molecule is CN(CC(=O)NC(C)(C)C)C(=O)CSc1n[nH]c(COc2ccc(Cl)cc2)n1. The maximum Gasteiger partial charge on any atom is 0.240 e. The third-order valence-corrected chi connectivity index (χ3v) is 4.43. The molecule has 28 heavy (non-hydrogen) atoms. The summed E-state index contributed by atoms with van der Waals surface area (Å²) in [6, 6.07) is 7.00. The van der Waals surface area contributed by atoms with Gasteiger partial charge in [-0.15, -0.1) is 5.10 Å². The van der Waals surface area contributed by atoms with Crippen LogP contribution in [0.3, 0.4) is 0 Å². The highest BCUT2D eigenvalue weighted by Gasteiger charge is 2.18. The molecule has 2 rings (SSSR count). The van der Waals surface area contributed by atoms with Crippen molar-refractivity contribution in [3.05, 3.63) is 35.1 Å². The van der Waals surface area contributed by atoms with Gasteiger partial charge in [-0.05, 0) is 45.0 Å². The molecule has 1 aromatic carbocycles. The fourth-order valence-corrected chi connectivity index (χ4v) is 2.97. The Bertz CT molecular complexity index is 804. The van der Waals surface area contributed by atoms with Crippen molar-refractivity contribution in [1.29, 1.82) is 0 Å². The van der Waals surface area contributed by atoms with E-state index in [2.05, 4.69) is 20.5 Å². The molecule has 0 atom stereocenters. The number of nitrogens with zero attached hydrogens (tertiary/aromatic N) is 3. The Kier molecular flexibility index (Phi) is 7.70. The van der Waals surface area contributed by atoms with E-state index < -0.39 is 0 Å². The van der Waals surface area contributed by atoms with E-state index in [9.17, 15) is 9.59 Å². The number of aromatic nitrogens is 3. The molecule has 0 unspecified atom stereocenters. The molecule has 0 spiro atoms. The molecule has 0 fully saturated rings. The molecular weight excluding hydrogens is 402 g/mol. The summed E-state index contributed by atoms with van der Waals surface area (Å²) in [6.45, 7) is 5.89. The number of aromatic amines is 1. The number of likely N-dealkylation sites (N-methyl/N-ethyl adjacent to an activating group) is 1. The Morgan fingerprint density at radius 2 is 1.96 bits per heavy atom. The molecule has 152 valence electrons. The molecule has 8 nitrogen and oxygen atoms in total. The van der Waals surface area contributed by atoms with Crippen LogP contribution in [-0.2, 0) is 16.2 Å². The molecule has 10 heteroatoms. The maximum atomic E-state index is 12.2. The largest absolute Gasteiger partial charge is 0.486 e. The van der Waals surface area contributed by atoms with Gasteiger partial charge in [0.05, 0.1) is 12.3 Å². The first-order valence-corrected chi connectivity index (χ1v) is 9.96. The molecule has 0 bridgehead atoms. The lowest BCUT2D eigenvalue weighted by Crippen LogP contribution is -2.46. The number of amides is 2. The molecule has 0 saturated heterocycles. The summed E-state index contributed by atoms with van der Waals surface area (Å²) < 4.78 is 5.59. The summed E-state index contributed by atoms with van der Waals surface area (Å²) >= 11 is 7.02. The Morgan fingerprint density at radius 1 is 1.29 bits per heavy atom. The third kappa shape index (κ3) is 7.77. The molecule has 2 N–H and O–H groups in total. The fourth-order valence-electron chi connectivity index (χ4n) is 2.09. The molecule has 2 amide bonds. The normalized spacial score (nSPS) is 11.2. The van der Waals surface area contributed by atoms with Crippen molar-refractivity contribution in [3.63, 3.8) is 0 Å². The molecule has 0 aliphatic carbocycles. The second kappa shape index (κ2) is 9.79. The Hall–Kier alpha value is -2.26. The highest BCUT2D eigenvalue weighted by atomic mass is 35.5. The van der Waals surface area contributed by atoms with Crippen LogP contribution in [0.15, 0.2) is 29.4 Å². The summed E-state index contributed by atoms with van der Waals surface area (Å²) in [5.41, 5.74) is -0.334. The van der Waals surface area contributed by atoms with Crippen LogP contribution in [0.4, 0.5) is 0 Å². The van der Waals surface area contributed by atoms with E-state index in [1.807, 2.05) is 20.8 Å². The van der Waals surface area contributed by atoms with Crippen LogP contribution >= 0.6 is 23.4 Å². The maximum absolute atomic E-state index is 12.2. The Balaban J connectivity index is 1.76. The summed E-state index contributed by atoms with van der Waals surface area (Å²) in [6.07, 6.45) is 0. The predicted octanol–water partition coefficient (Wildman–Crippen LogP) is 2.50. The van der Waals surface area contributed by atoms with Gasteiger partial charge in [-0.2, -0.15) is 0 Å². The summed E-state index contributed by atoms with van der Waals surface area (Å²) in [4.78, 5) is 29.7. The van der Waals surface area contributed by atoms with Gasteiger partial charge < -0.3 is 15.0 Å². The zero-order valence-electron chi connectivity index (χ0n) is 16.3. The average Bonchev–Trinajstić information content (AvgIpc) is 3.05. The van der Waals surface area contributed by atoms with Crippen LogP contribution in [0.5, 0.6) is 5.75 Å². The second-order valence-electron chi connectivity index (χ2n) is 7.14. The molecule has 2 aromatic rings. The van der Waals surface area contributed by atoms with Crippen molar-refractivity contribution in [2.45, 2.75) is 38.1 Å². The standard InChI is InChI=1S/C18H24ClN5O3S/c1-18(2,3)21-15(25)9-24(4)16(26)11-28-17-20-14(22-23-17)10-27-13-7-5-12(19)6-8-13/h5-8H,9-11H2,1-4H3,(H,21,25)(H,20,22,23). The number of carbonyl (C=O) groups excluding carboxylic acids is 2. The number of carbonyl (C=O) groups is 2. The Labute approximate surface area is 173 Å². The molecule has 1 aromatic heterocycles. The monoisotopic (exact) mass is 425 g/mol. The molecule has 0 aliphatic heterocycles. The summed E-state index contributed by atoms with van der Waals surface area (Å²) in [7, 11) is 1.59. The zero-order valence-corrected chi connectivity index (χ0v) is 17.9. The van der Waals surface area contributed by atoms with Crippen LogP contribution in [0.25, 0.3) is 0 Å². The number of thioether (sulfide) groups is 1. The number of nitrogens with one attached hydrogen (secondary N) is 2. The van der Waals surface area contributed by atoms with E-state index in [0.29, 0.717) is 21.8 Å². The number of halogens is 1. The first kappa shape index (κ1) is 22.0. The van der Waals surface area contributed by atoms with E-state index in [-0.39, 0.29) is 36.3 Å². The highest BCUT2D eigenvalue weighted by molar-refractivity contribution is 7.99. The third-order valence-electron chi connectivity index (χ3n) is 3.35. The van der Waals surface area contributed by atoms with E-state index >= 15 is 0 Å². The van der Waals surface area contributed by atoms with Crippen LogP contribution < -0.4 is 10.1 Å². The Morgan fingerprint density at radius 3 is 2.61 bits per heavy atom. The molecule has 1 heterocycles. The predicted molar refractivity (Wildman–Crippen MR) is 108 cm³/mol. The smallest absolute Gasteiger partial charge is 0.240 e. The van der Waals surface area contributed by atoms with E-state index in [0.717, 1.165) is 0 Å². The zero-order chi connectivity index (χ0) is 20.7. The number of rotatable bonds is 8. The van der Waals surface area contributed by atoms with Gasteiger partial charge in [0.1, 0.15) is 12.4 Å². The van der Waals surface area contributed by atoms with Crippen LogP contribution in [0, 0.1) is 0 Å². The molecule has 0 aliphatic rings.